The lowest BCUT2D eigenvalue weighted by molar-refractivity contribution is 0.919. The monoisotopic (exact) mass is 240 g/mol. The molecule has 0 aliphatic heterocycles. The van der Waals surface area contributed by atoms with Crippen molar-refractivity contribution in [3.8, 4) is 0 Å². The molecule has 1 aromatic carbocycles. The molecule has 0 bridgehead atoms. The van der Waals surface area contributed by atoms with Crippen LogP contribution in [-0.4, -0.2) is 11.2 Å². The molecule has 2 rings (SSSR count). The van der Waals surface area contributed by atoms with Crippen molar-refractivity contribution in [1.82, 2.24) is 5.32 Å². The van der Waals surface area contributed by atoms with Crippen molar-refractivity contribution >= 4 is 34.6 Å². The third-order valence-corrected chi connectivity index (χ3v) is 3.06. The maximum Gasteiger partial charge on any atom is 0.171 e. The molecule has 0 spiro atoms. The summed E-state index contributed by atoms with van der Waals surface area (Å²) in [5, 5.41) is 7.83. The fourth-order valence-corrected chi connectivity index (χ4v) is 1.77. The third-order valence-electron chi connectivity index (χ3n) is 2.43. The zero-order valence-corrected chi connectivity index (χ0v) is 10.1. The Bertz CT molecular complexity index is 388. The predicted molar refractivity (Wildman–Crippen MR) is 68.6 cm³/mol. The Balaban J connectivity index is 2.02. The molecule has 1 aliphatic rings. The van der Waals surface area contributed by atoms with E-state index in [0.717, 1.165) is 16.3 Å². The fraction of sp³-hybridized carbons (Fsp3) is 0.364. The number of nitrogens with one attached hydrogen (secondary N) is 2. The molecule has 0 radical (unpaired) electrons. The van der Waals surface area contributed by atoms with Crippen molar-refractivity contribution in [3.05, 3.63) is 28.8 Å². The standard InChI is InChI=1S/C11H13ClN2S/c1-7-9(12)3-2-4-10(7)14-11(15)13-8-5-6-8/h2-4,8H,5-6H2,1H3,(H2,13,14,15). The summed E-state index contributed by atoms with van der Waals surface area (Å²) >= 11 is 11.2. The van der Waals surface area contributed by atoms with Gasteiger partial charge >= 0.3 is 0 Å². The summed E-state index contributed by atoms with van der Waals surface area (Å²) in [7, 11) is 0. The highest BCUT2D eigenvalue weighted by Crippen LogP contribution is 2.23. The molecule has 0 saturated heterocycles. The van der Waals surface area contributed by atoms with Gasteiger partial charge in [-0.05, 0) is 49.7 Å². The normalized spacial score (nSPS) is 14.8. The molecule has 0 amide bonds. The van der Waals surface area contributed by atoms with Gasteiger partial charge < -0.3 is 10.6 Å². The van der Waals surface area contributed by atoms with Gasteiger partial charge in [0.1, 0.15) is 0 Å². The van der Waals surface area contributed by atoms with Crippen LogP contribution >= 0.6 is 23.8 Å². The van der Waals surface area contributed by atoms with E-state index < -0.39 is 0 Å². The van der Waals surface area contributed by atoms with Gasteiger partial charge in [-0.2, -0.15) is 0 Å². The van der Waals surface area contributed by atoms with Gasteiger partial charge in [-0.3, -0.25) is 0 Å². The number of hydrogen-bond acceptors (Lipinski definition) is 1. The van der Waals surface area contributed by atoms with Crippen LogP contribution in [0, 0.1) is 6.92 Å². The van der Waals surface area contributed by atoms with Crippen LogP contribution in [-0.2, 0) is 0 Å². The smallest absolute Gasteiger partial charge is 0.171 e. The van der Waals surface area contributed by atoms with E-state index in [-0.39, 0.29) is 0 Å². The van der Waals surface area contributed by atoms with Gasteiger partial charge in [-0.25, -0.2) is 0 Å². The minimum absolute atomic E-state index is 0.574. The summed E-state index contributed by atoms with van der Waals surface area (Å²) in [5.74, 6) is 0. The molecule has 4 heteroatoms. The number of anilines is 1. The summed E-state index contributed by atoms with van der Waals surface area (Å²) in [6, 6.07) is 6.34. The first kappa shape index (κ1) is 10.7. The number of thiocarbonyl (C=S) groups is 1. The van der Waals surface area contributed by atoms with Crippen LogP contribution in [0.15, 0.2) is 18.2 Å². The second-order valence-electron chi connectivity index (χ2n) is 3.79. The van der Waals surface area contributed by atoms with Crippen LogP contribution in [0.4, 0.5) is 5.69 Å². The molecule has 1 fully saturated rings. The van der Waals surface area contributed by atoms with E-state index in [0.29, 0.717) is 11.2 Å². The minimum atomic E-state index is 0.574. The van der Waals surface area contributed by atoms with Gasteiger partial charge in [0.15, 0.2) is 5.11 Å². The van der Waals surface area contributed by atoms with Gasteiger partial charge in [0.25, 0.3) is 0 Å². The first-order valence-electron chi connectivity index (χ1n) is 4.99. The van der Waals surface area contributed by atoms with Crippen molar-refractivity contribution in [2.45, 2.75) is 25.8 Å². The SMILES string of the molecule is Cc1c(Cl)cccc1NC(=S)NC1CC1. The van der Waals surface area contributed by atoms with Crippen LogP contribution < -0.4 is 10.6 Å². The van der Waals surface area contributed by atoms with E-state index in [9.17, 15) is 0 Å². The van der Waals surface area contributed by atoms with E-state index in [1.165, 1.54) is 12.8 Å². The van der Waals surface area contributed by atoms with Gasteiger partial charge in [-0.15, -0.1) is 0 Å². The van der Waals surface area contributed by atoms with Gasteiger partial charge in [0.05, 0.1) is 0 Å². The van der Waals surface area contributed by atoms with Crippen molar-refractivity contribution in [1.29, 1.82) is 0 Å². The quantitative estimate of drug-likeness (QED) is 0.777. The van der Waals surface area contributed by atoms with E-state index in [2.05, 4.69) is 10.6 Å². The minimum Gasteiger partial charge on any atom is -0.360 e. The van der Waals surface area contributed by atoms with E-state index in [4.69, 9.17) is 23.8 Å². The molecular weight excluding hydrogens is 228 g/mol. The average Bonchev–Trinajstić information content (AvgIpc) is 2.97. The van der Waals surface area contributed by atoms with Crippen molar-refractivity contribution in [3.63, 3.8) is 0 Å². The van der Waals surface area contributed by atoms with Gasteiger partial charge in [0, 0.05) is 16.8 Å². The maximum atomic E-state index is 6.01. The Labute approximate surface area is 100 Å². The highest BCUT2D eigenvalue weighted by atomic mass is 35.5. The van der Waals surface area contributed by atoms with E-state index in [1.807, 2.05) is 25.1 Å². The molecule has 80 valence electrons. The Kier molecular flexibility index (Phi) is 3.12. The summed E-state index contributed by atoms with van der Waals surface area (Å²) in [6.07, 6.45) is 2.44. The predicted octanol–water partition coefficient (Wildman–Crippen LogP) is 3.10. The third kappa shape index (κ3) is 2.83. The molecule has 0 atom stereocenters. The molecule has 0 unspecified atom stereocenters. The van der Waals surface area contributed by atoms with Gasteiger partial charge in [0.2, 0.25) is 0 Å². The Morgan fingerprint density at radius 3 is 2.87 bits per heavy atom. The molecule has 1 aliphatic carbocycles. The molecule has 2 nitrogen and oxygen atoms in total. The van der Waals surface area contributed by atoms with Crippen molar-refractivity contribution in [2.24, 2.45) is 0 Å². The molecule has 1 aromatic rings. The number of rotatable bonds is 2. The average molecular weight is 241 g/mol. The summed E-state index contributed by atoms with van der Waals surface area (Å²) in [6.45, 7) is 1.98. The van der Waals surface area contributed by atoms with Crippen LogP contribution in [0.1, 0.15) is 18.4 Å². The molecule has 0 aromatic heterocycles. The van der Waals surface area contributed by atoms with Crippen molar-refractivity contribution < 1.29 is 0 Å². The summed E-state index contributed by atoms with van der Waals surface area (Å²) in [5.41, 5.74) is 2.00. The summed E-state index contributed by atoms with van der Waals surface area (Å²) < 4.78 is 0. The molecular formula is C11H13ClN2S. The first-order chi connectivity index (χ1) is 7.16. The van der Waals surface area contributed by atoms with Crippen LogP contribution in [0.25, 0.3) is 0 Å². The topological polar surface area (TPSA) is 24.1 Å². The zero-order chi connectivity index (χ0) is 10.8. The Hall–Kier alpha value is -0.800. The molecule has 0 heterocycles. The van der Waals surface area contributed by atoms with E-state index >= 15 is 0 Å². The number of halogens is 1. The highest BCUT2D eigenvalue weighted by Gasteiger charge is 2.21. The largest absolute Gasteiger partial charge is 0.360 e. The number of hydrogen-bond donors (Lipinski definition) is 2. The van der Waals surface area contributed by atoms with Crippen LogP contribution in [0.5, 0.6) is 0 Å². The van der Waals surface area contributed by atoms with Gasteiger partial charge in [-0.1, -0.05) is 17.7 Å². The maximum absolute atomic E-state index is 6.01. The second kappa shape index (κ2) is 4.37. The number of benzene rings is 1. The lowest BCUT2D eigenvalue weighted by Crippen LogP contribution is -2.30. The Morgan fingerprint density at radius 1 is 1.47 bits per heavy atom. The Morgan fingerprint density at radius 2 is 2.20 bits per heavy atom. The van der Waals surface area contributed by atoms with Crippen LogP contribution in [0.2, 0.25) is 5.02 Å². The zero-order valence-electron chi connectivity index (χ0n) is 8.51. The second-order valence-corrected chi connectivity index (χ2v) is 4.60. The van der Waals surface area contributed by atoms with Crippen molar-refractivity contribution in [2.75, 3.05) is 5.32 Å². The molecule has 2 N–H and O–H groups in total. The molecule has 1 saturated carbocycles. The lowest BCUT2D eigenvalue weighted by Gasteiger charge is -2.12. The summed E-state index contributed by atoms with van der Waals surface area (Å²) in [4.78, 5) is 0. The lowest BCUT2D eigenvalue weighted by atomic mass is 10.2. The van der Waals surface area contributed by atoms with E-state index in [1.54, 1.807) is 0 Å². The fourth-order valence-electron chi connectivity index (χ4n) is 1.31. The first-order valence-corrected chi connectivity index (χ1v) is 5.78. The van der Waals surface area contributed by atoms with Crippen LogP contribution in [0.3, 0.4) is 0 Å². The molecule has 15 heavy (non-hydrogen) atoms. The highest BCUT2D eigenvalue weighted by molar-refractivity contribution is 7.80.